The minimum absolute atomic E-state index is 0.0200. The number of alkyl halides is 3. The summed E-state index contributed by atoms with van der Waals surface area (Å²) in [5.74, 6) is -2.56. The predicted molar refractivity (Wildman–Crippen MR) is 62.3 cm³/mol. The molecule has 0 spiro atoms. The van der Waals surface area contributed by atoms with Crippen molar-refractivity contribution in [2.24, 2.45) is 5.92 Å². The number of pyridine rings is 1. The van der Waals surface area contributed by atoms with Crippen LogP contribution in [-0.4, -0.2) is 28.5 Å². The van der Waals surface area contributed by atoms with E-state index in [1.807, 2.05) is 0 Å². The molecule has 0 bridgehead atoms. The van der Waals surface area contributed by atoms with Gasteiger partial charge in [0.25, 0.3) is 0 Å². The molecule has 1 aliphatic heterocycles. The van der Waals surface area contributed by atoms with E-state index in [1.165, 1.54) is 0 Å². The first-order valence-corrected chi connectivity index (χ1v) is 5.85. The lowest BCUT2D eigenvalue weighted by molar-refractivity contribution is -0.142. The zero-order chi connectivity index (χ0) is 15.1. The first-order chi connectivity index (χ1) is 9.20. The Labute approximate surface area is 116 Å². The summed E-state index contributed by atoms with van der Waals surface area (Å²) in [5, 5.41) is 8.35. The Morgan fingerprint density at radius 1 is 1.45 bits per heavy atom. The molecule has 108 valence electrons. The number of rotatable bonds is 2. The van der Waals surface area contributed by atoms with Crippen molar-refractivity contribution in [3.8, 4) is 0 Å². The standard InChI is InChI=1S/C11H8ClF3N2O3/c12-9-6(1-2-7(16-9)11(13,14)15)17-4-5(10(19)20)3-8(17)18/h1-2,5H,3-4H2,(H,19,20). The summed E-state index contributed by atoms with van der Waals surface area (Å²) in [7, 11) is 0. The maximum absolute atomic E-state index is 12.4. The highest BCUT2D eigenvalue weighted by atomic mass is 35.5. The number of carboxylic acids is 1. The number of hydrogen-bond acceptors (Lipinski definition) is 3. The minimum Gasteiger partial charge on any atom is -0.481 e. The van der Waals surface area contributed by atoms with Gasteiger partial charge in [-0.05, 0) is 12.1 Å². The van der Waals surface area contributed by atoms with Gasteiger partial charge in [0.05, 0.1) is 11.6 Å². The fourth-order valence-electron chi connectivity index (χ4n) is 1.89. The second-order valence-electron chi connectivity index (χ2n) is 4.25. The van der Waals surface area contributed by atoms with Gasteiger partial charge in [-0.15, -0.1) is 0 Å². The minimum atomic E-state index is -4.64. The highest BCUT2D eigenvalue weighted by molar-refractivity contribution is 6.32. The monoisotopic (exact) mass is 308 g/mol. The van der Waals surface area contributed by atoms with Crippen LogP contribution in [0.25, 0.3) is 0 Å². The summed E-state index contributed by atoms with van der Waals surface area (Å²) >= 11 is 5.66. The van der Waals surface area contributed by atoms with Gasteiger partial charge in [0, 0.05) is 13.0 Å². The van der Waals surface area contributed by atoms with Crippen LogP contribution in [0.4, 0.5) is 18.9 Å². The van der Waals surface area contributed by atoms with E-state index in [-0.39, 0.29) is 18.7 Å². The zero-order valence-corrected chi connectivity index (χ0v) is 10.6. The number of hydrogen-bond donors (Lipinski definition) is 1. The molecule has 9 heteroatoms. The number of aliphatic carboxylic acids is 1. The summed E-state index contributed by atoms with van der Waals surface area (Å²) in [6.45, 7) is -0.138. The van der Waals surface area contributed by atoms with Crippen molar-refractivity contribution in [1.29, 1.82) is 0 Å². The van der Waals surface area contributed by atoms with Crippen molar-refractivity contribution in [3.05, 3.63) is 23.0 Å². The third-order valence-electron chi connectivity index (χ3n) is 2.88. The van der Waals surface area contributed by atoms with Gasteiger partial charge in [0.1, 0.15) is 5.69 Å². The predicted octanol–water partition coefficient (Wildman–Crippen LogP) is 2.19. The van der Waals surface area contributed by atoms with Crippen molar-refractivity contribution in [3.63, 3.8) is 0 Å². The van der Waals surface area contributed by atoms with Gasteiger partial charge in [-0.2, -0.15) is 13.2 Å². The second-order valence-corrected chi connectivity index (χ2v) is 4.61. The lowest BCUT2D eigenvalue weighted by atomic mass is 10.1. The summed E-state index contributed by atoms with van der Waals surface area (Å²) in [4.78, 5) is 26.7. The molecule has 1 aliphatic rings. The smallest absolute Gasteiger partial charge is 0.433 e. The lowest BCUT2D eigenvalue weighted by Crippen LogP contribution is -2.26. The normalized spacial score (nSPS) is 19.5. The Balaban J connectivity index is 2.31. The fourth-order valence-corrected chi connectivity index (χ4v) is 2.15. The number of carboxylic acid groups (broad SMARTS) is 1. The zero-order valence-electron chi connectivity index (χ0n) is 9.82. The molecular formula is C11H8ClF3N2O3. The van der Waals surface area contributed by atoms with Crippen molar-refractivity contribution < 1.29 is 27.9 Å². The molecule has 1 fully saturated rings. The average Bonchev–Trinajstić information content (AvgIpc) is 2.70. The molecule has 1 unspecified atom stereocenters. The summed E-state index contributed by atoms with van der Waals surface area (Å²) in [6, 6.07) is 1.71. The number of carbonyl (C=O) groups is 2. The quantitative estimate of drug-likeness (QED) is 0.850. The molecule has 0 saturated carbocycles. The average molecular weight is 309 g/mol. The SMILES string of the molecule is O=C(O)C1CC(=O)N(c2ccc(C(F)(F)F)nc2Cl)C1. The van der Waals surface area contributed by atoms with Crippen LogP contribution in [0.5, 0.6) is 0 Å². The van der Waals surface area contributed by atoms with E-state index in [9.17, 15) is 22.8 Å². The van der Waals surface area contributed by atoms with Crippen LogP contribution in [0.1, 0.15) is 12.1 Å². The van der Waals surface area contributed by atoms with E-state index in [1.54, 1.807) is 0 Å². The van der Waals surface area contributed by atoms with Crippen molar-refractivity contribution in [2.45, 2.75) is 12.6 Å². The van der Waals surface area contributed by atoms with E-state index in [4.69, 9.17) is 16.7 Å². The fraction of sp³-hybridized carbons (Fsp3) is 0.364. The molecule has 1 aromatic heterocycles. The van der Waals surface area contributed by atoms with E-state index < -0.39 is 34.8 Å². The number of amides is 1. The van der Waals surface area contributed by atoms with E-state index >= 15 is 0 Å². The molecule has 5 nitrogen and oxygen atoms in total. The van der Waals surface area contributed by atoms with Crippen LogP contribution < -0.4 is 4.90 Å². The summed E-state index contributed by atoms with van der Waals surface area (Å²) in [6.07, 6.45) is -4.85. The molecule has 20 heavy (non-hydrogen) atoms. The summed E-state index contributed by atoms with van der Waals surface area (Å²) < 4.78 is 37.3. The molecule has 0 radical (unpaired) electrons. The molecule has 1 aromatic rings. The molecule has 0 aromatic carbocycles. The number of carbonyl (C=O) groups excluding carboxylic acids is 1. The Bertz CT molecular complexity index is 577. The Kier molecular flexibility index (Phi) is 3.59. The molecule has 1 N–H and O–H groups in total. The van der Waals surface area contributed by atoms with Gasteiger partial charge >= 0.3 is 12.1 Å². The van der Waals surface area contributed by atoms with Crippen molar-refractivity contribution in [2.75, 3.05) is 11.4 Å². The molecule has 1 saturated heterocycles. The van der Waals surface area contributed by atoms with Gasteiger partial charge in [-0.1, -0.05) is 11.6 Å². The molecule has 2 rings (SSSR count). The van der Waals surface area contributed by atoms with Crippen LogP contribution >= 0.6 is 11.6 Å². The number of aromatic nitrogens is 1. The number of anilines is 1. The Morgan fingerprint density at radius 3 is 2.55 bits per heavy atom. The van der Waals surface area contributed by atoms with Gasteiger partial charge in [0.2, 0.25) is 5.91 Å². The molecule has 0 aliphatic carbocycles. The van der Waals surface area contributed by atoms with Crippen molar-refractivity contribution >= 4 is 29.2 Å². The molecular weight excluding hydrogens is 301 g/mol. The molecule has 1 amide bonds. The van der Waals surface area contributed by atoms with E-state index in [2.05, 4.69) is 4.98 Å². The topological polar surface area (TPSA) is 70.5 Å². The van der Waals surface area contributed by atoms with Crippen LogP contribution in [-0.2, 0) is 15.8 Å². The number of nitrogens with zero attached hydrogens (tertiary/aromatic N) is 2. The third-order valence-corrected chi connectivity index (χ3v) is 3.16. The van der Waals surface area contributed by atoms with Crippen LogP contribution in [0.2, 0.25) is 5.15 Å². The maximum atomic E-state index is 12.4. The maximum Gasteiger partial charge on any atom is 0.433 e. The molecule has 1 atom stereocenters. The second kappa shape index (κ2) is 4.93. The number of halogens is 4. The van der Waals surface area contributed by atoms with Crippen LogP contribution in [0.15, 0.2) is 12.1 Å². The third kappa shape index (κ3) is 2.69. The van der Waals surface area contributed by atoms with Gasteiger partial charge in [-0.3, -0.25) is 9.59 Å². The summed E-state index contributed by atoms with van der Waals surface area (Å²) in [5.41, 5.74) is -1.19. The highest BCUT2D eigenvalue weighted by Crippen LogP contribution is 2.34. The Hall–Kier alpha value is -1.83. The van der Waals surface area contributed by atoms with E-state index in [0.29, 0.717) is 6.07 Å². The van der Waals surface area contributed by atoms with Crippen molar-refractivity contribution in [1.82, 2.24) is 4.98 Å². The first kappa shape index (κ1) is 14.6. The van der Waals surface area contributed by atoms with E-state index in [0.717, 1.165) is 11.0 Å². The Morgan fingerprint density at radius 2 is 2.10 bits per heavy atom. The largest absolute Gasteiger partial charge is 0.481 e. The van der Waals surface area contributed by atoms with Crippen LogP contribution in [0, 0.1) is 5.92 Å². The first-order valence-electron chi connectivity index (χ1n) is 5.47. The van der Waals surface area contributed by atoms with Gasteiger partial charge in [0.15, 0.2) is 5.15 Å². The van der Waals surface area contributed by atoms with Gasteiger partial charge in [-0.25, -0.2) is 4.98 Å². The van der Waals surface area contributed by atoms with Gasteiger partial charge < -0.3 is 10.0 Å². The van der Waals surface area contributed by atoms with Crippen LogP contribution in [0.3, 0.4) is 0 Å². The highest BCUT2D eigenvalue weighted by Gasteiger charge is 2.37. The lowest BCUT2D eigenvalue weighted by Gasteiger charge is -2.18. The molecule has 2 heterocycles.